The van der Waals surface area contributed by atoms with Gasteiger partial charge < -0.3 is 85.3 Å². The van der Waals surface area contributed by atoms with Gasteiger partial charge in [-0.05, 0) is 51.4 Å². The first-order valence-electron chi connectivity index (χ1n) is 50.0. The number of phosphoric acid groups is 1. The van der Waals surface area contributed by atoms with Gasteiger partial charge in [0.05, 0.1) is 51.1 Å². The highest BCUT2D eigenvalue weighted by atomic mass is 31.2. The summed E-state index contributed by atoms with van der Waals surface area (Å²) in [4.78, 5) is 107. The molecule has 2 aliphatic heterocycles. The normalized spacial score (nSPS) is 19.9. The zero-order valence-corrected chi connectivity index (χ0v) is 78.9. The third kappa shape index (κ3) is 65.2. The Morgan fingerprint density at radius 3 is 1.01 bits per heavy atom. The zero-order valence-electron chi connectivity index (χ0n) is 78.0. The van der Waals surface area contributed by atoms with Crippen molar-refractivity contribution in [1.82, 2.24) is 16.8 Å². The predicted octanol–water partition coefficient (Wildman–Crippen LogP) is 22.7. The summed E-state index contributed by atoms with van der Waals surface area (Å²) in [6, 6.07) is -3.47. The average Bonchev–Trinajstić information content (AvgIpc) is 0.772. The SMILES string of the molecule is C.C.CCCCCCCCCCCCCC(=O)O[C@H](CCCCCCCCCCC)CC(=O)NC1[C@H](OCC2O[C@H](O)C(NC(=O)C[C@H](O)CCCCCCCCCCC)[C@@H](OC(=O)C[C@H](O)CCCCCCCCCCC)[C@@H]2O)OC(CO)[C@@H](OP(=O)(O)O)[C@@H]1OC(=O)C[C@@H](CCCCCCCCCCC)OC(=O)CCCCCCCCCCCCC.N. The first-order chi connectivity index (χ1) is 58.6. The number of ether oxygens (including phenoxy) is 7. The highest BCUT2D eigenvalue weighted by molar-refractivity contribution is 7.46. The van der Waals surface area contributed by atoms with Crippen molar-refractivity contribution in [1.29, 1.82) is 0 Å². The summed E-state index contributed by atoms with van der Waals surface area (Å²) in [5.74, 6) is -4.55. The number of carbonyl (C=O) groups is 6. The van der Waals surface area contributed by atoms with Crippen molar-refractivity contribution < 1.29 is 106 Å². The molecule has 2 rings (SSSR count). The number of aliphatic hydroxyl groups is 5. The van der Waals surface area contributed by atoms with Crippen LogP contribution in [-0.2, 0) is 71.0 Å². The molecular formula is C98H192N3O22P. The molecule has 2 fully saturated rings. The molecule has 736 valence electrons. The number of hydrogen-bond acceptors (Lipinski definition) is 21. The number of nitrogens with one attached hydrogen (secondary N) is 2. The molecule has 26 heteroatoms. The Labute approximate surface area is 754 Å². The van der Waals surface area contributed by atoms with E-state index in [-0.39, 0.29) is 46.7 Å². The van der Waals surface area contributed by atoms with E-state index >= 15 is 4.79 Å². The van der Waals surface area contributed by atoms with Gasteiger partial charge in [0.1, 0.15) is 48.7 Å². The van der Waals surface area contributed by atoms with Crippen LogP contribution in [0.1, 0.15) is 493 Å². The number of esters is 4. The molecule has 0 bridgehead atoms. The second-order valence-corrected chi connectivity index (χ2v) is 36.8. The van der Waals surface area contributed by atoms with Gasteiger partial charge in [-0.2, -0.15) is 0 Å². The maximum absolute atomic E-state index is 15.1. The standard InChI is InChI=1S/C96H181N2O22P.2CH4.H3N/c1-7-13-19-25-31-37-39-45-51-57-63-69-85(104)114-79(67-61-55-49-43-35-29-23-17-11-5)73-84(103)98-90-94(119-88(107)74-80(68-62-56-50-44-36-30-24-18-12-6)115-86(105)70-64-58-52-46-40-38-32-26-20-14-8-2)92(120-121(110,111)112)81(75-99)117-96(90)113-76-82-91(108)93(118-87(106)72-78(101)66-60-54-48-42-34-28-22-16-10-4)89(95(109)116-82)97-83(102)71-77(100)65-59-53-47-41-33-27-21-15-9-3;;;/h77-82,89-96,99-101,108-109H,7-76H2,1-6H3,(H,97,102)(H,98,103)(H2,110,111,112);2*1H4;1H3/t77-,78-,79-,80-,81?,82?,89?,90?,91-,92-,93-,94-,95+,96-;;;/m1.../s1. The third-order valence-electron chi connectivity index (χ3n) is 24.1. The molecule has 2 saturated heterocycles. The van der Waals surface area contributed by atoms with E-state index in [1.54, 1.807) is 0 Å². The van der Waals surface area contributed by atoms with Crippen molar-refractivity contribution in [3.8, 4) is 0 Å². The van der Waals surface area contributed by atoms with Gasteiger partial charge in [0.15, 0.2) is 24.8 Å². The number of hydrogen-bond donors (Lipinski definition) is 10. The van der Waals surface area contributed by atoms with Crippen LogP contribution in [-0.4, -0.2) is 170 Å². The lowest BCUT2D eigenvalue weighted by Crippen LogP contribution is -2.68. The van der Waals surface area contributed by atoms with E-state index in [4.69, 9.17) is 37.7 Å². The quantitative estimate of drug-likeness (QED) is 0.0117. The van der Waals surface area contributed by atoms with Crippen LogP contribution in [0.2, 0.25) is 0 Å². The maximum Gasteiger partial charge on any atom is 0.470 e. The van der Waals surface area contributed by atoms with E-state index < -0.39 is 168 Å². The molecule has 12 N–H and O–H groups in total. The minimum Gasteiger partial charge on any atom is -0.462 e. The lowest BCUT2D eigenvalue weighted by molar-refractivity contribution is -0.298. The van der Waals surface area contributed by atoms with Crippen molar-refractivity contribution in [2.75, 3.05) is 13.2 Å². The summed E-state index contributed by atoms with van der Waals surface area (Å²) < 4.78 is 61.9. The van der Waals surface area contributed by atoms with Crippen LogP contribution < -0.4 is 16.8 Å². The van der Waals surface area contributed by atoms with Crippen LogP contribution >= 0.6 is 7.82 Å². The molecule has 2 heterocycles. The van der Waals surface area contributed by atoms with Crippen molar-refractivity contribution in [3.05, 3.63) is 0 Å². The Morgan fingerprint density at radius 2 is 0.653 bits per heavy atom. The van der Waals surface area contributed by atoms with Crippen LogP contribution in [0, 0.1) is 0 Å². The highest BCUT2D eigenvalue weighted by Crippen LogP contribution is 2.43. The first kappa shape index (κ1) is 123. The van der Waals surface area contributed by atoms with Crippen molar-refractivity contribution in [2.24, 2.45) is 0 Å². The summed E-state index contributed by atoms with van der Waals surface area (Å²) in [5, 5.41) is 63.3. The molecule has 2 amide bonds. The average molecular weight is 1800 g/mol. The van der Waals surface area contributed by atoms with Gasteiger partial charge in [0, 0.05) is 12.8 Å². The van der Waals surface area contributed by atoms with Crippen molar-refractivity contribution >= 4 is 43.5 Å². The Balaban J connectivity index is 0. The molecule has 0 aromatic carbocycles. The van der Waals surface area contributed by atoms with E-state index in [0.29, 0.717) is 51.4 Å². The summed E-state index contributed by atoms with van der Waals surface area (Å²) in [5.41, 5.74) is 0. The second kappa shape index (κ2) is 82.7. The van der Waals surface area contributed by atoms with Crippen LogP contribution in [0.25, 0.3) is 0 Å². The molecule has 0 radical (unpaired) electrons. The van der Waals surface area contributed by atoms with Crippen LogP contribution in [0.15, 0.2) is 0 Å². The number of phosphoric ester groups is 1. The van der Waals surface area contributed by atoms with Gasteiger partial charge in [-0.3, -0.25) is 33.3 Å². The van der Waals surface area contributed by atoms with E-state index in [0.717, 1.165) is 199 Å². The maximum atomic E-state index is 15.1. The molecular weight excluding hydrogens is 1600 g/mol. The molecule has 2 aliphatic rings. The summed E-state index contributed by atoms with van der Waals surface area (Å²) >= 11 is 0. The van der Waals surface area contributed by atoms with Crippen LogP contribution in [0.5, 0.6) is 0 Å². The smallest absolute Gasteiger partial charge is 0.462 e. The molecule has 4 unspecified atom stereocenters. The Bertz CT molecular complexity index is 2560. The molecule has 0 saturated carbocycles. The number of carbonyl (C=O) groups excluding carboxylic acids is 6. The second-order valence-electron chi connectivity index (χ2n) is 35.7. The van der Waals surface area contributed by atoms with Gasteiger partial charge in [-0.1, -0.05) is 403 Å². The summed E-state index contributed by atoms with van der Waals surface area (Å²) in [6.07, 6.45) is 40.7. The zero-order chi connectivity index (χ0) is 88.6. The summed E-state index contributed by atoms with van der Waals surface area (Å²) in [6.45, 7) is 11.3. The van der Waals surface area contributed by atoms with Gasteiger partial charge in [0.25, 0.3) is 0 Å². The fourth-order valence-electron chi connectivity index (χ4n) is 16.7. The fourth-order valence-corrected chi connectivity index (χ4v) is 17.3. The molecule has 0 aromatic rings. The highest BCUT2D eigenvalue weighted by Gasteiger charge is 2.54. The molecule has 0 spiro atoms. The number of aliphatic hydroxyl groups excluding tert-OH is 5. The molecule has 124 heavy (non-hydrogen) atoms. The Hall–Kier alpha value is -3.43. The van der Waals surface area contributed by atoms with Gasteiger partial charge in [-0.25, -0.2) is 4.57 Å². The largest absolute Gasteiger partial charge is 0.470 e. The molecule has 0 aromatic heterocycles. The lowest BCUT2D eigenvalue weighted by Gasteiger charge is -2.46. The third-order valence-corrected chi connectivity index (χ3v) is 24.6. The van der Waals surface area contributed by atoms with Crippen molar-refractivity contribution in [2.45, 2.75) is 579 Å². The predicted molar refractivity (Wildman–Crippen MR) is 497 cm³/mol. The van der Waals surface area contributed by atoms with Gasteiger partial charge in [-0.15, -0.1) is 0 Å². The minimum atomic E-state index is -5.62. The van der Waals surface area contributed by atoms with E-state index in [1.165, 1.54) is 135 Å². The van der Waals surface area contributed by atoms with E-state index in [1.807, 2.05) is 0 Å². The van der Waals surface area contributed by atoms with Gasteiger partial charge >= 0.3 is 31.7 Å². The van der Waals surface area contributed by atoms with Crippen LogP contribution in [0.4, 0.5) is 0 Å². The fraction of sp³-hybridized carbons (Fsp3) is 0.939. The van der Waals surface area contributed by atoms with Crippen LogP contribution in [0.3, 0.4) is 0 Å². The van der Waals surface area contributed by atoms with E-state index in [2.05, 4.69) is 52.2 Å². The summed E-state index contributed by atoms with van der Waals surface area (Å²) in [7, 11) is -5.62. The lowest BCUT2D eigenvalue weighted by atomic mass is 9.95. The van der Waals surface area contributed by atoms with Crippen molar-refractivity contribution in [3.63, 3.8) is 0 Å². The molecule has 25 nitrogen and oxygen atoms in total. The number of unbranched alkanes of at least 4 members (excludes halogenated alkanes) is 52. The monoisotopic (exact) mass is 1790 g/mol. The Kier molecular flexibility index (Phi) is 81.8. The van der Waals surface area contributed by atoms with Gasteiger partial charge in [0.2, 0.25) is 11.8 Å². The number of rotatable bonds is 84. The molecule has 14 atom stereocenters. The topological polar surface area (TPSA) is 394 Å². The van der Waals surface area contributed by atoms with E-state index in [9.17, 15) is 63.9 Å². The first-order valence-corrected chi connectivity index (χ1v) is 51.5. The number of amides is 2. The minimum absolute atomic E-state index is 0. The Morgan fingerprint density at radius 1 is 0.355 bits per heavy atom. The molecule has 0 aliphatic carbocycles.